The van der Waals surface area contributed by atoms with Crippen molar-refractivity contribution >= 4 is 40.6 Å². The van der Waals surface area contributed by atoms with Crippen molar-refractivity contribution in [2.45, 2.75) is 19.3 Å². The molecule has 9 heteroatoms. The lowest BCUT2D eigenvalue weighted by atomic mass is 10.0. The van der Waals surface area contributed by atoms with E-state index in [2.05, 4.69) is 15.7 Å². The van der Waals surface area contributed by atoms with Crippen molar-refractivity contribution in [3.8, 4) is 0 Å². The second-order valence-electron chi connectivity index (χ2n) is 6.90. The van der Waals surface area contributed by atoms with Crippen LogP contribution in [-0.2, 0) is 4.79 Å². The first-order valence-corrected chi connectivity index (χ1v) is 9.79. The zero-order valence-corrected chi connectivity index (χ0v) is 16.9. The highest BCUT2D eigenvalue weighted by Crippen LogP contribution is 2.29. The minimum atomic E-state index is -0.313. The summed E-state index contributed by atoms with van der Waals surface area (Å²) < 4.78 is 1.59. The number of benzene rings is 1. The third-order valence-corrected chi connectivity index (χ3v) is 5.36. The smallest absolute Gasteiger partial charge is 0.261 e. The molecule has 0 radical (unpaired) electrons. The predicted octanol–water partition coefficient (Wildman–Crippen LogP) is 3.01. The number of likely N-dealkylation sites (tertiary alicyclic amines) is 1. The molecule has 1 aliphatic heterocycles. The number of aromatic nitrogens is 3. The van der Waals surface area contributed by atoms with Gasteiger partial charge in [-0.05, 0) is 31.2 Å². The van der Waals surface area contributed by atoms with Gasteiger partial charge in [-0.25, -0.2) is 4.98 Å². The number of nitrogens with zero attached hydrogens (tertiary/aromatic N) is 4. The lowest BCUT2D eigenvalue weighted by molar-refractivity contribution is -0.127. The monoisotopic (exact) mass is 412 g/mol. The normalized spacial score (nSPS) is 16.4. The Kier molecular flexibility index (Phi) is 5.10. The second kappa shape index (κ2) is 7.71. The Labute approximate surface area is 172 Å². The van der Waals surface area contributed by atoms with Gasteiger partial charge in [-0.3, -0.25) is 9.59 Å². The van der Waals surface area contributed by atoms with Crippen LogP contribution < -0.4 is 10.6 Å². The van der Waals surface area contributed by atoms with Crippen LogP contribution in [0.15, 0.2) is 36.5 Å². The maximum absolute atomic E-state index is 12.8. The SMILES string of the molecule is CCN1C[C@H](c2cc(NC)n3ncc(C(=O)Nc4ccc(Cl)cc4)c3n2)CC1=O. The molecule has 0 aliphatic carbocycles. The molecule has 1 aliphatic rings. The maximum atomic E-state index is 12.8. The molecule has 1 saturated heterocycles. The van der Waals surface area contributed by atoms with Crippen LogP contribution in [0.2, 0.25) is 5.02 Å². The van der Waals surface area contributed by atoms with E-state index in [4.69, 9.17) is 16.6 Å². The molecule has 2 aromatic heterocycles. The van der Waals surface area contributed by atoms with E-state index in [-0.39, 0.29) is 17.7 Å². The highest BCUT2D eigenvalue weighted by Gasteiger charge is 2.31. The molecule has 0 unspecified atom stereocenters. The highest BCUT2D eigenvalue weighted by atomic mass is 35.5. The van der Waals surface area contributed by atoms with Gasteiger partial charge in [0.05, 0.1) is 11.9 Å². The average Bonchev–Trinajstić information content (AvgIpc) is 3.32. The van der Waals surface area contributed by atoms with Gasteiger partial charge in [0.1, 0.15) is 11.4 Å². The number of anilines is 2. The van der Waals surface area contributed by atoms with E-state index >= 15 is 0 Å². The Morgan fingerprint density at radius 3 is 2.72 bits per heavy atom. The van der Waals surface area contributed by atoms with Gasteiger partial charge in [0.2, 0.25) is 5.91 Å². The molecule has 4 rings (SSSR count). The molecule has 29 heavy (non-hydrogen) atoms. The van der Waals surface area contributed by atoms with Crippen molar-refractivity contribution in [2.75, 3.05) is 30.8 Å². The van der Waals surface area contributed by atoms with Gasteiger partial charge >= 0.3 is 0 Å². The van der Waals surface area contributed by atoms with Crippen LogP contribution in [0.25, 0.3) is 5.65 Å². The van der Waals surface area contributed by atoms with Crippen LogP contribution in [0.4, 0.5) is 11.5 Å². The minimum absolute atomic E-state index is 0.0124. The summed E-state index contributed by atoms with van der Waals surface area (Å²) in [6.45, 7) is 3.27. The van der Waals surface area contributed by atoms with Gasteiger partial charge in [-0.15, -0.1) is 0 Å². The molecule has 0 saturated carbocycles. The van der Waals surface area contributed by atoms with Crippen molar-refractivity contribution in [3.63, 3.8) is 0 Å². The Bertz CT molecular complexity index is 1080. The van der Waals surface area contributed by atoms with Crippen LogP contribution in [0.1, 0.15) is 35.3 Å². The summed E-state index contributed by atoms with van der Waals surface area (Å²) >= 11 is 5.90. The molecule has 0 spiro atoms. The first-order valence-electron chi connectivity index (χ1n) is 9.41. The maximum Gasteiger partial charge on any atom is 0.261 e. The third kappa shape index (κ3) is 3.63. The topological polar surface area (TPSA) is 91.6 Å². The van der Waals surface area contributed by atoms with Gasteiger partial charge in [0.25, 0.3) is 5.91 Å². The number of hydrogen-bond acceptors (Lipinski definition) is 5. The lowest BCUT2D eigenvalue weighted by Crippen LogP contribution is -2.24. The third-order valence-electron chi connectivity index (χ3n) is 5.11. The molecule has 8 nitrogen and oxygen atoms in total. The van der Waals surface area contributed by atoms with E-state index in [1.165, 1.54) is 6.20 Å². The Hall–Kier alpha value is -3.13. The fourth-order valence-corrected chi connectivity index (χ4v) is 3.66. The van der Waals surface area contributed by atoms with E-state index in [0.717, 1.165) is 5.69 Å². The second-order valence-corrected chi connectivity index (χ2v) is 7.34. The summed E-state index contributed by atoms with van der Waals surface area (Å²) in [5, 5.41) is 10.8. The predicted molar refractivity (Wildman–Crippen MR) is 112 cm³/mol. The molecule has 3 heterocycles. The average molecular weight is 413 g/mol. The first kappa shape index (κ1) is 19.2. The number of carbonyl (C=O) groups is 2. The van der Waals surface area contributed by atoms with Gasteiger partial charge < -0.3 is 15.5 Å². The Morgan fingerprint density at radius 1 is 1.31 bits per heavy atom. The number of rotatable bonds is 5. The van der Waals surface area contributed by atoms with Gasteiger partial charge in [-0.1, -0.05) is 11.6 Å². The molecule has 1 atom stereocenters. The zero-order chi connectivity index (χ0) is 20.5. The number of likely N-dealkylation sites (N-methyl/N-ethyl adjacent to an activating group) is 1. The largest absolute Gasteiger partial charge is 0.373 e. The molecule has 1 aromatic carbocycles. The van der Waals surface area contributed by atoms with E-state index in [1.54, 1.807) is 35.8 Å². The van der Waals surface area contributed by atoms with Gasteiger partial charge in [-0.2, -0.15) is 9.61 Å². The zero-order valence-electron chi connectivity index (χ0n) is 16.1. The number of amides is 2. The number of carbonyl (C=O) groups excluding carboxylic acids is 2. The van der Waals surface area contributed by atoms with Crippen molar-refractivity contribution in [1.82, 2.24) is 19.5 Å². The fraction of sp³-hybridized carbons (Fsp3) is 0.300. The Balaban J connectivity index is 1.69. The van der Waals surface area contributed by atoms with Crippen molar-refractivity contribution < 1.29 is 9.59 Å². The van der Waals surface area contributed by atoms with Crippen molar-refractivity contribution in [2.24, 2.45) is 0 Å². The summed E-state index contributed by atoms with van der Waals surface area (Å²) in [5.74, 6) is 0.505. The van der Waals surface area contributed by atoms with E-state index < -0.39 is 0 Å². The summed E-state index contributed by atoms with van der Waals surface area (Å²) in [7, 11) is 1.78. The van der Waals surface area contributed by atoms with Gasteiger partial charge in [0, 0.05) is 49.3 Å². The van der Waals surface area contributed by atoms with Crippen molar-refractivity contribution in [1.29, 1.82) is 0 Å². The summed E-state index contributed by atoms with van der Waals surface area (Å²) in [4.78, 5) is 31.5. The lowest BCUT2D eigenvalue weighted by Gasteiger charge is -2.14. The van der Waals surface area contributed by atoms with Crippen molar-refractivity contribution in [3.05, 3.63) is 52.8 Å². The van der Waals surface area contributed by atoms with Crippen LogP contribution in [0.5, 0.6) is 0 Å². The number of hydrogen-bond donors (Lipinski definition) is 2. The van der Waals surface area contributed by atoms with Gasteiger partial charge in [0.15, 0.2) is 5.65 Å². The molecular weight excluding hydrogens is 392 g/mol. The molecule has 1 fully saturated rings. The number of fused-ring (bicyclic) bond motifs is 1. The summed E-state index contributed by atoms with van der Waals surface area (Å²) in [6, 6.07) is 8.76. The molecular formula is C20H21ClN6O2. The van der Waals surface area contributed by atoms with E-state index in [1.807, 2.05) is 17.9 Å². The number of nitrogens with one attached hydrogen (secondary N) is 2. The molecule has 3 aromatic rings. The first-order chi connectivity index (χ1) is 14.0. The van der Waals surface area contributed by atoms with Crippen LogP contribution in [-0.4, -0.2) is 51.4 Å². The minimum Gasteiger partial charge on any atom is -0.373 e. The molecule has 150 valence electrons. The molecule has 0 bridgehead atoms. The van der Waals surface area contributed by atoms with Crippen LogP contribution >= 0.6 is 11.6 Å². The Morgan fingerprint density at radius 2 is 2.07 bits per heavy atom. The van der Waals surface area contributed by atoms with E-state index in [0.29, 0.717) is 47.2 Å². The standard InChI is InChI=1S/C20H21ClN6O2/c1-3-26-11-12(8-18(26)28)16-9-17(22-2)27-19(25-16)15(10-23-27)20(29)24-14-6-4-13(21)5-7-14/h4-7,9-10,12,22H,3,8,11H2,1-2H3,(H,24,29)/t12-/m1/s1. The van der Waals surface area contributed by atoms with E-state index in [9.17, 15) is 9.59 Å². The highest BCUT2D eigenvalue weighted by molar-refractivity contribution is 6.30. The molecule has 2 amide bonds. The van der Waals surface area contributed by atoms with Crippen LogP contribution in [0, 0.1) is 0 Å². The van der Waals surface area contributed by atoms with Crippen LogP contribution in [0.3, 0.4) is 0 Å². The molecule has 2 N–H and O–H groups in total. The summed E-state index contributed by atoms with van der Waals surface area (Å²) in [6.07, 6.45) is 1.91. The quantitative estimate of drug-likeness (QED) is 0.672. The number of halogens is 1. The summed E-state index contributed by atoms with van der Waals surface area (Å²) in [5.41, 5.74) is 2.20. The fourth-order valence-electron chi connectivity index (χ4n) is 3.54.